The van der Waals surface area contributed by atoms with Crippen LogP contribution in [0.4, 0.5) is 13.2 Å². The number of carbonyl (C=O) groups is 1. The molecule has 0 bridgehead atoms. The highest BCUT2D eigenvalue weighted by Crippen LogP contribution is 2.41. The summed E-state index contributed by atoms with van der Waals surface area (Å²) in [6, 6.07) is 6.96. The highest BCUT2D eigenvalue weighted by Gasteiger charge is 2.63. The Morgan fingerprint density at radius 3 is 2.26 bits per heavy atom. The van der Waals surface area contributed by atoms with Crippen LogP contribution in [-0.4, -0.2) is 40.2 Å². The highest BCUT2D eigenvalue weighted by atomic mass is 19.4. The number of ether oxygens (including phenoxy) is 1. The van der Waals surface area contributed by atoms with Crippen LogP contribution < -0.4 is 4.74 Å². The lowest BCUT2D eigenvalue weighted by Gasteiger charge is -2.32. The predicted octanol–water partition coefficient (Wildman–Crippen LogP) is 3.86. The van der Waals surface area contributed by atoms with Gasteiger partial charge in [-0.2, -0.15) is 23.3 Å². The third-order valence-corrected chi connectivity index (χ3v) is 4.45. The van der Waals surface area contributed by atoms with Gasteiger partial charge in [0.25, 0.3) is 11.6 Å². The van der Waals surface area contributed by atoms with Gasteiger partial charge in [0.1, 0.15) is 5.75 Å². The van der Waals surface area contributed by atoms with Crippen molar-refractivity contribution < 1.29 is 27.8 Å². The number of aliphatic hydroxyl groups is 1. The summed E-state index contributed by atoms with van der Waals surface area (Å²) in [6.07, 6.45) is -5.79. The third kappa shape index (κ3) is 4.43. The van der Waals surface area contributed by atoms with E-state index in [0.717, 1.165) is 5.56 Å². The van der Waals surface area contributed by atoms with Crippen LogP contribution in [-0.2, 0) is 10.2 Å². The summed E-state index contributed by atoms with van der Waals surface area (Å²) in [5, 5.41) is 13.9. The molecule has 1 amide bonds. The predicted molar refractivity (Wildman–Crippen MR) is 95.4 cm³/mol. The van der Waals surface area contributed by atoms with Crippen molar-refractivity contribution >= 4 is 11.6 Å². The molecule has 2 rings (SSSR count). The van der Waals surface area contributed by atoms with Crippen LogP contribution in [0, 0.1) is 5.92 Å². The molecule has 1 aliphatic rings. The summed E-state index contributed by atoms with van der Waals surface area (Å²) >= 11 is 0. The first-order valence-corrected chi connectivity index (χ1v) is 8.68. The van der Waals surface area contributed by atoms with E-state index in [2.05, 4.69) is 5.10 Å². The lowest BCUT2D eigenvalue weighted by Crippen LogP contribution is -2.57. The molecule has 150 valence electrons. The molecule has 0 aromatic heterocycles. The Morgan fingerprint density at radius 2 is 1.81 bits per heavy atom. The number of amides is 1. The number of rotatable bonds is 4. The van der Waals surface area contributed by atoms with E-state index >= 15 is 0 Å². The van der Waals surface area contributed by atoms with Crippen LogP contribution in [0.25, 0.3) is 0 Å². The minimum absolute atomic E-state index is 0.0605. The fourth-order valence-electron chi connectivity index (χ4n) is 2.63. The number of carbonyl (C=O) groups excluding carboxylic acids is 1. The first-order chi connectivity index (χ1) is 12.3. The lowest BCUT2D eigenvalue weighted by atomic mass is 9.87. The molecule has 1 aromatic carbocycles. The number of benzene rings is 1. The molecule has 5 nitrogen and oxygen atoms in total. The van der Waals surface area contributed by atoms with E-state index in [1.165, 1.54) is 0 Å². The number of halogens is 3. The minimum Gasteiger partial charge on any atom is -0.484 e. The summed E-state index contributed by atoms with van der Waals surface area (Å²) in [7, 11) is 0. The van der Waals surface area contributed by atoms with Crippen molar-refractivity contribution in [3.05, 3.63) is 29.8 Å². The normalized spacial score (nSPS) is 20.8. The standard InChI is InChI=1S/C19H25F3N2O3/c1-12(2)15-10-18(26,19(20,21)22)24(23-15)16(25)11-27-14-8-6-13(7-9-14)17(3,4)5/h6-9,12,26H,10-11H2,1-5H3/t18-/m1/s1. The Labute approximate surface area is 156 Å². The van der Waals surface area contributed by atoms with Crippen molar-refractivity contribution in [1.82, 2.24) is 5.01 Å². The third-order valence-electron chi connectivity index (χ3n) is 4.45. The largest absolute Gasteiger partial charge is 0.484 e. The maximum atomic E-state index is 13.4. The van der Waals surface area contributed by atoms with Gasteiger partial charge in [-0.15, -0.1) is 0 Å². The number of alkyl halides is 3. The summed E-state index contributed by atoms with van der Waals surface area (Å²) in [5.41, 5.74) is -2.24. The molecule has 1 aliphatic heterocycles. The summed E-state index contributed by atoms with van der Waals surface area (Å²) in [5.74, 6) is -1.05. The van der Waals surface area contributed by atoms with Crippen LogP contribution >= 0.6 is 0 Å². The second kappa shape index (κ2) is 7.14. The van der Waals surface area contributed by atoms with Gasteiger partial charge in [-0.1, -0.05) is 46.8 Å². The van der Waals surface area contributed by atoms with E-state index in [-0.39, 0.29) is 22.1 Å². The molecule has 0 saturated carbocycles. The van der Waals surface area contributed by atoms with Crippen molar-refractivity contribution in [2.75, 3.05) is 6.61 Å². The first-order valence-electron chi connectivity index (χ1n) is 8.68. The van der Waals surface area contributed by atoms with Gasteiger partial charge in [-0.25, -0.2) is 0 Å². The fourth-order valence-corrected chi connectivity index (χ4v) is 2.63. The molecular formula is C19H25F3N2O3. The van der Waals surface area contributed by atoms with E-state index in [0.29, 0.717) is 5.75 Å². The SMILES string of the molecule is CC(C)C1=NN(C(=O)COc2ccc(C(C)(C)C)cc2)[C@](O)(C(F)(F)F)C1. The van der Waals surface area contributed by atoms with E-state index in [1.54, 1.807) is 26.0 Å². The molecule has 1 atom stereocenters. The van der Waals surface area contributed by atoms with Crippen molar-refractivity contribution in [3.63, 3.8) is 0 Å². The molecule has 0 aliphatic carbocycles. The molecular weight excluding hydrogens is 361 g/mol. The number of nitrogens with zero attached hydrogens (tertiary/aromatic N) is 2. The molecule has 0 unspecified atom stereocenters. The maximum Gasteiger partial charge on any atom is 0.438 e. The summed E-state index contributed by atoms with van der Waals surface area (Å²) in [4.78, 5) is 12.3. The zero-order chi connectivity index (χ0) is 20.6. The molecule has 0 radical (unpaired) electrons. The zero-order valence-electron chi connectivity index (χ0n) is 16.1. The molecule has 1 heterocycles. The number of hydrogen-bond acceptors (Lipinski definition) is 4. The first kappa shape index (κ1) is 21.2. The Balaban J connectivity index is 2.13. The molecule has 0 saturated heterocycles. The highest BCUT2D eigenvalue weighted by molar-refractivity contribution is 5.92. The van der Waals surface area contributed by atoms with Gasteiger partial charge in [0.15, 0.2) is 6.61 Å². The van der Waals surface area contributed by atoms with E-state index in [1.807, 2.05) is 32.9 Å². The molecule has 0 fully saturated rings. The topological polar surface area (TPSA) is 62.1 Å². The van der Waals surface area contributed by atoms with Gasteiger partial charge in [0.2, 0.25) is 0 Å². The van der Waals surface area contributed by atoms with Gasteiger partial charge >= 0.3 is 6.18 Å². The van der Waals surface area contributed by atoms with Gasteiger partial charge in [-0.05, 0) is 29.0 Å². The van der Waals surface area contributed by atoms with Crippen LogP contribution in [0.5, 0.6) is 5.75 Å². The Kier molecular flexibility index (Phi) is 5.61. The van der Waals surface area contributed by atoms with Crippen molar-refractivity contribution in [2.45, 2.75) is 58.4 Å². The number of hydrazone groups is 1. The van der Waals surface area contributed by atoms with Gasteiger partial charge in [0, 0.05) is 12.1 Å². The molecule has 8 heteroatoms. The second-order valence-electron chi connectivity index (χ2n) is 8.01. The quantitative estimate of drug-likeness (QED) is 0.855. The van der Waals surface area contributed by atoms with Crippen LogP contribution in [0.3, 0.4) is 0 Å². The van der Waals surface area contributed by atoms with E-state index < -0.39 is 30.8 Å². The zero-order valence-corrected chi connectivity index (χ0v) is 16.1. The monoisotopic (exact) mass is 386 g/mol. The van der Waals surface area contributed by atoms with Gasteiger partial charge in [-0.3, -0.25) is 4.79 Å². The van der Waals surface area contributed by atoms with Crippen LogP contribution in [0.2, 0.25) is 0 Å². The molecule has 27 heavy (non-hydrogen) atoms. The van der Waals surface area contributed by atoms with Crippen LogP contribution in [0.1, 0.15) is 46.6 Å². The maximum absolute atomic E-state index is 13.4. The molecule has 1 N–H and O–H groups in total. The molecule has 0 spiro atoms. The summed E-state index contributed by atoms with van der Waals surface area (Å²) < 4.78 is 45.4. The Morgan fingerprint density at radius 1 is 1.26 bits per heavy atom. The Hall–Kier alpha value is -2.09. The van der Waals surface area contributed by atoms with E-state index in [4.69, 9.17) is 4.74 Å². The average molecular weight is 386 g/mol. The lowest BCUT2D eigenvalue weighted by molar-refractivity contribution is -0.302. The molecule has 1 aromatic rings. The summed E-state index contributed by atoms with van der Waals surface area (Å²) in [6.45, 7) is 8.77. The van der Waals surface area contributed by atoms with Gasteiger partial charge < -0.3 is 9.84 Å². The van der Waals surface area contributed by atoms with Crippen LogP contribution in [0.15, 0.2) is 29.4 Å². The fraction of sp³-hybridized carbons (Fsp3) is 0.579. The van der Waals surface area contributed by atoms with Crippen molar-refractivity contribution in [2.24, 2.45) is 11.0 Å². The minimum atomic E-state index is -5.03. The van der Waals surface area contributed by atoms with Crippen molar-refractivity contribution in [3.8, 4) is 5.75 Å². The number of hydrogen-bond donors (Lipinski definition) is 1. The second-order valence-corrected chi connectivity index (χ2v) is 8.01. The van der Waals surface area contributed by atoms with Gasteiger partial charge in [0.05, 0.1) is 0 Å². The average Bonchev–Trinajstić information content (AvgIpc) is 2.91. The van der Waals surface area contributed by atoms with E-state index in [9.17, 15) is 23.1 Å². The Bertz CT molecular complexity index is 721. The smallest absolute Gasteiger partial charge is 0.438 e. The van der Waals surface area contributed by atoms with Crippen molar-refractivity contribution in [1.29, 1.82) is 0 Å².